The molecule has 0 unspecified atom stereocenters. The number of nitrogens with two attached hydrogens (primary N) is 1. The third kappa shape index (κ3) is 4.68. The fourth-order valence-corrected chi connectivity index (χ4v) is 2.82. The molecule has 0 saturated carbocycles. The topological polar surface area (TPSA) is 75.4 Å². The van der Waals surface area contributed by atoms with Gasteiger partial charge in [-0.2, -0.15) is 0 Å². The van der Waals surface area contributed by atoms with E-state index in [4.69, 9.17) is 29.6 Å². The Balaban J connectivity index is 1.80. The van der Waals surface area contributed by atoms with Crippen molar-refractivity contribution in [3.8, 4) is 0 Å². The number of halogens is 1. The Labute approximate surface area is 139 Å². The molecule has 1 aromatic carbocycles. The number of piperidine rings is 1. The largest absolute Gasteiger partial charge is 0.369 e. The molecule has 1 heterocycles. The summed E-state index contributed by atoms with van der Waals surface area (Å²) < 4.78 is 0. The number of amides is 2. The summed E-state index contributed by atoms with van der Waals surface area (Å²) in [6, 6.07) is 7.11. The third-order valence-electron chi connectivity index (χ3n) is 3.71. The number of hydrogen-bond donors (Lipinski definition) is 2. The Kier molecular flexibility index (Phi) is 5.74. The Bertz CT molecular complexity index is 569. The SMILES string of the molecule is NC(=O)C1CCN(C(=S)NC(=O)Cc2ccc(Cl)cc2)CC1. The first-order valence-electron chi connectivity index (χ1n) is 7.08. The minimum absolute atomic E-state index is 0.0937. The van der Waals surface area contributed by atoms with Crippen LogP contribution in [-0.2, 0) is 16.0 Å². The van der Waals surface area contributed by atoms with Crippen LogP contribution >= 0.6 is 23.8 Å². The van der Waals surface area contributed by atoms with Gasteiger partial charge in [0, 0.05) is 24.0 Å². The number of carbonyl (C=O) groups excluding carboxylic acids is 2. The van der Waals surface area contributed by atoms with Crippen molar-refractivity contribution in [2.75, 3.05) is 13.1 Å². The molecule has 3 N–H and O–H groups in total. The van der Waals surface area contributed by atoms with Crippen molar-refractivity contribution in [1.29, 1.82) is 0 Å². The number of primary amides is 1. The molecule has 1 saturated heterocycles. The van der Waals surface area contributed by atoms with Crippen LogP contribution in [0.4, 0.5) is 0 Å². The lowest BCUT2D eigenvalue weighted by atomic mass is 9.97. The van der Waals surface area contributed by atoms with Crippen molar-refractivity contribution < 1.29 is 9.59 Å². The summed E-state index contributed by atoms with van der Waals surface area (Å²) in [5.41, 5.74) is 6.17. The molecule has 0 bridgehead atoms. The lowest BCUT2D eigenvalue weighted by Gasteiger charge is -2.32. The van der Waals surface area contributed by atoms with Gasteiger partial charge in [0.15, 0.2) is 5.11 Å². The second-order valence-electron chi connectivity index (χ2n) is 5.32. The summed E-state index contributed by atoms with van der Waals surface area (Å²) in [6.45, 7) is 1.27. The monoisotopic (exact) mass is 339 g/mol. The van der Waals surface area contributed by atoms with Gasteiger partial charge >= 0.3 is 0 Å². The fraction of sp³-hybridized carbons (Fsp3) is 0.400. The van der Waals surface area contributed by atoms with E-state index in [9.17, 15) is 9.59 Å². The van der Waals surface area contributed by atoms with E-state index in [2.05, 4.69) is 5.32 Å². The van der Waals surface area contributed by atoms with Crippen molar-refractivity contribution in [3.63, 3.8) is 0 Å². The average Bonchev–Trinajstić information content (AvgIpc) is 2.49. The Morgan fingerprint density at radius 1 is 1.27 bits per heavy atom. The van der Waals surface area contributed by atoms with E-state index in [0.29, 0.717) is 36.1 Å². The van der Waals surface area contributed by atoms with Crippen LogP contribution in [-0.4, -0.2) is 34.9 Å². The van der Waals surface area contributed by atoms with Crippen LogP contribution in [0.15, 0.2) is 24.3 Å². The van der Waals surface area contributed by atoms with Gasteiger partial charge in [-0.05, 0) is 42.8 Å². The van der Waals surface area contributed by atoms with Crippen LogP contribution in [0, 0.1) is 5.92 Å². The third-order valence-corrected chi connectivity index (χ3v) is 4.32. The summed E-state index contributed by atoms with van der Waals surface area (Å²) in [5.74, 6) is -0.523. The molecule has 2 amide bonds. The number of hydrogen-bond acceptors (Lipinski definition) is 3. The maximum absolute atomic E-state index is 12.0. The number of nitrogens with zero attached hydrogens (tertiary/aromatic N) is 1. The highest BCUT2D eigenvalue weighted by atomic mass is 35.5. The number of benzene rings is 1. The number of rotatable bonds is 3. The Hall–Kier alpha value is -1.66. The minimum Gasteiger partial charge on any atom is -0.369 e. The van der Waals surface area contributed by atoms with Gasteiger partial charge in [-0.1, -0.05) is 23.7 Å². The van der Waals surface area contributed by atoms with Crippen molar-refractivity contribution in [2.24, 2.45) is 11.7 Å². The van der Waals surface area contributed by atoms with Gasteiger partial charge in [0.1, 0.15) is 0 Å². The van der Waals surface area contributed by atoms with Crippen molar-refractivity contribution in [2.45, 2.75) is 19.3 Å². The van der Waals surface area contributed by atoms with Gasteiger partial charge in [-0.15, -0.1) is 0 Å². The normalized spacial score (nSPS) is 15.4. The first-order chi connectivity index (χ1) is 10.5. The zero-order chi connectivity index (χ0) is 16.1. The van der Waals surface area contributed by atoms with Crippen LogP contribution in [0.25, 0.3) is 0 Å². The molecular weight excluding hydrogens is 322 g/mol. The van der Waals surface area contributed by atoms with Crippen molar-refractivity contribution in [3.05, 3.63) is 34.9 Å². The second-order valence-corrected chi connectivity index (χ2v) is 6.14. The molecule has 5 nitrogen and oxygen atoms in total. The standard InChI is InChI=1S/C15H18ClN3O2S/c16-12-3-1-10(2-4-12)9-13(20)18-15(22)19-7-5-11(6-8-19)14(17)21/h1-4,11H,5-9H2,(H2,17,21)(H,18,20,22). The Morgan fingerprint density at radius 3 is 2.41 bits per heavy atom. The zero-order valence-electron chi connectivity index (χ0n) is 12.0. The van der Waals surface area contributed by atoms with Gasteiger partial charge in [-0.25, -0.2) is 0 Å². The predicted octanol–water partition coefficient (Wildman–Crippen LogP) is 1.48. The van der Waals surface area contributed by atoms with E-state index < -0.39 is 0 Å². The highest BCUT2D eigenvalue weighted by Crippen LogP contribution is 2.16. The molecule has 1 aliphatic heterocycles. The number of thiocarbonyl (C=S) groups is 1. The molecule has 0 aromatic heterocycles. The fourth-order valence-electron chi connectivity index (χ4n) is 2.40. The molecule has 22 heavy (non-hydrogen) atoms. The lowest BCUT2D eigenvalue weighted by molar-refractivity contribution is -0.123. The highest BCUT2D eigenvalue weighted by Gasteiger charge is 2.24. The summed E-state index contributed by atoms with van der Waals surface area (Å²) in [7, 11) is 0. The maximum Gasteiger partial charge on any atom is 0.230 e. The minimum atomic E-state index is -0.266. The molecule has 118 valence electrons. The van der Waals surface area contributed by atoms with Crippen LogP contribution in [0.1, 0.15) is 18.4 Å². The van der Waals surface area contributed by atoms with E-state index >= 15 is 0 Å². The lowest BCUT2D eigenvalue weighted by Crippen LogP contribution is -2.48. The molecule has 1 aromatic rings. The van der Waals surface area contributed by atoms with Gasteiger partial charge in [0.2, 0.25) is 11.8 Å². The quantitative estimate of drug-likeness (QED) is 0.818. The smallest absolute Gasteiger partial charge is 0.230 e. The van der Waals surface area contributed by atoms with Crippen LogP contribution in [0.3, 0.4) is 0 Å². The number of likely N-dealkylation sites (tertiary alicyclic amines) is 1. The van der Waals surface area contributed by atoms with Crippen molar-refractivity contribution in [1.82, 2.24) is 10.2 Å². The van der Waals surface area contributed by atoms with E-state index in [1.54, 1.807) is 12.1 Å². The average molecular weight is 340 g/mol. The summed E-state index contributed by atoms with van der Waals surface area (Å²) >= 11 is 11.1. The van der Waals surface area contributed by atoms with Gasteiger partial charge in [0.25, 0.3) is 0 Å². The molecule has 0 spiro atoms. The Morgan fingerprint density at radius 2 is 1.86 bits per heavy atom. The summed E-state index contributed by atoms with van der Waals surface area (Å²) in [5, 5.41) is 3.77. The molecular formula is C15H18ClN3O2S. The number of carbonyl (C=O) groups is 2. The van der Waals surface area contributed by atoms with E-state index in [0.717, 1.165) is 5.56 Å². The molecule has 1 fully saturated rings. The highest BCUT2D eigenvalue weighted by molar-refractivity contribution is 7.80. The van der Waals surface area contributed by atoms with Crippen LogP contribution in [0.5, 0.6) is 0 Å². The van der Waals surface area contributed by atoms with Crippen LogP contribution in [0.2, 0.25) is 5.02 Å². The number of nitrogens with one attached hydrogen (secondary N) is 1. The first kappa shape index (κ1) is 16.7. The summed E-state index contributed by atoms with van der Waals surface area (Å²) in [6.07, 6.45) is 1.58. The van der Waals surface area contributed by atoms with Crippen molar-refractivity contribution >= 4 is 40.7 Å². The molecule has 7 heteroatoms. The van der Waals surface area contributed by atoms with Gasteiger partial charge in [-0.3, -0.25) is 9.59 Å². The molecule has 1 aliphatic rings. The van der Waals surface area contributed by atoms with E-state index in [-0.39, 0.29) is 24.2 Å². The molecule has 2 rings (SSSR count). The molecule has 0 aliphatic carbocycles. The molecule has 0 radical (unpaired) electrons. The van der Waals surface area contributed by atoms with Gasteiger partial charge < -0.3 is 16.0 Å². The van der Waals surface area contributed by atoms with Crippen LogP contribution < -0.4 is 11.1 Å². The molecule has 0 atom stereocenters. The van der Waals surface area contributed by atoms with E-state index in [1.807, 2.05) is 17.0 Å². The maximum atomic E-state index is 12.0. The first-order valence-corrected chi connectivity index (χ1v) is 7.87. The summed E-state index contributed by atoms with van der Waals surface area (Å²) in [4.78, 5) is 25.0. The second kappa shape index (κ2) is 7.56. The zero-order valence-corrected chi connectivity index (χ0v) is 13.6. The van der Waals surface area contributed by atoms with E-state index in [1.165, 1.54) is 0 Å². The predicted molar refractivity (Wildman–Crippen MR) is 89.4 cm³/mol. The van der Waals surface area contributed by atoms with Gasteiger partial charge in [0.05, 0.1) is 6.42 Å².